The van der Waals surface area contributed by atoms with E-state index in [1.54, 1.807) is 6.07 Å². The average Bonchev–Trinajstić information content (AvgIpc) is 0.783. The van der Waals surface area contributed by atoms with Crippen LogP contribution in [0.5, 0.6) is 0 Å². The van der Waals surface area contributed by atoms with Crippen molar-refractivity contribution in [3.63, 3.8) is 0 Å². The van der Waals surface area contributed by atoms with Crippen molar-refractivity contribution in [2.75, 3.05) is 0 Å². The van der Waals surface area contributed by atoms with Crippen LogP contribution >= 0.6 is 0 Å². The van der Waals surface area contributed by atoms with Crippen molar-refractivity contribution in [3.8, 4) is 66.8 Å². The second kappa shape index (κ2) is 57.3. The summed E-state index contributed by atoms with van der Waals surface area (Å²) in [5, 5.41) is 43.7. The SMILES string of the molecule is CC(=O)C=C(C)O.CC(=O)C=C(C)O.CC(=O)C=C(C)O.CC(C)CC(=O)C=C(O)CC(C)C.Cc1[c-]c(-c2[c-]c3ccc(F)cc3c(CC(C)C)c2)cc(C)c1.Cc1[c-]c(-c2[c-]c3cccc(CC(C)C)c3cc2)cc(C)c1.Cc1c[c-]c(-c2[c-]c3ccc(C)cc3c(-c3ccc(C)cc3)c2)cc1.Cc1ccc(-c2cc(-c3[c-]ccc(C)c3)[c-]c3ccc(C)cc23)cc1.[Ir].[Ir].[Ir].[Ir]. The molecule has 13 heteroatoms. The predicted octanol–water partition coefficient (Wildman–Crippen LogP) is 31.6. The van der Waals surface area contributed by atoms with Crippen LogP contribution in [-0.4, -0.2) is 43.6 Å². The molecule has 706 valence electrons. The Morgan fingerprint density at radius 3 is 1.12 bits per heavy atom. The van der Waals surface area contributed by atoms with Crippen LogP contribution in [0.2, 0.25) is 0 Å². The fourth-order valence-electron chi connectivity index (χ4n) is 14.6. The van der Waals surface area contributed by atoms with E-state index >= 15 is 0 Å². The monoisotopic (exact) mass is 2490 g/mol. The van der Waals surface area contributed by atoms with Crippen molar-refractivity contribution in [2.24, 2.45) is 23.7 Å². The number of carbonyl (C=O) groups is 4. The normalized spacial score (nSPS) is 11.0. The largest absolute Gasteiger partial charge is 0.512 e. The number of halogens is 1. The molecule has 0 atom stereocenters. The topological polar surface area (TPSA) is 149 Å². The van der Waals surface area contributed by atoms with Gasteiger partial charge in [0.25, 0.3) is 0 Å². The number of hydrogen-bond donors (Lipinski definition) is 4. The number of benzene rings is 14. The number of ketones is 4. The molecule has 4 radical (unpaired) electrons. The van der Waals surface area contributed by atoms with Crippen LogP contribution in [0, 0.1) is 147 Å². The molecule has 0 saturated heterocycles. The Kier molecular flexibility index (Phi) is 50.2. The zero-order valence-electron chi connectivity index (χ0n) is 81.3. The van der Waals surface area contributed by atoms with E-state index in [-0.39, 0.29) is 132 Å². The van der Waals surface area contributed by atoms with Crippen molar-refractivity contribution in [1.29, 1.82) is 0 Å². The number of rotatable bonds is 18. The second-order valence-corrected chi connectivity index (χ2v) is 35.4. The molecule has 0 aliphatic heterocycles. The minimum Gasteiger partial charge on any atom is -0.512 e. The van der Waals surface area contributed by atoms with Crippen molar-refractivity contribution < 1.29 is 124 Å². The summed E-state index contributed by atoms with van der Waals surface area (Å²) in [5.74, 6) is 1.78. The van der Waals surface area contributed by atoms with E-state index in [0.717, 1.165) is 84.5 Å². The summed E-state index contributed by atoms with van der Waals surface area (Å²) in [5.41, 5.74) is 28.6. The number of aryl methyl sites for hydroxylation is 10. The van der Waals surface area contributed by atoms with E-state index in [1.165, 1.54) is 177 Å². The molecule has 0 aromatic heterocycles. The van der Waals surface area contributed by atoms with Gasteiger partial charge >= 0.3 is 0 Å². The summed E-state index contributed by atoms with van der Waals surface area (Å²) in [4.78, 5) is 41.3. The van der Waals surface area contributed by atoms with Gasteiger partial charge in [-0.15, -0.1) is 115 Å². The third-order valence-electron chi connectivity index (χ3n) is 20.0. The van der Waals surface area contributed by atoms with E-state index in [1.807, 2.05) is 45.9 Å². The third kappa shape index (κ3) is 40.3. The number of hydrogen-bond acceptors (Lipinski definition) is 8. The molecule has 0 unspecified atom stereocenters. The standard InChI is InChI=1S/2C25H20.C22H21F.C22H22.C11H20O2.3C5H8O2.4Ir/c1-17-4-9-20(10-5-17)23-15-22-13-8-19(3)14-24(22)25(16-23)21-11-6-18(2)7-12-21;1-17-7-10-20(11-8-17)25-16-23(21-6-4-5-18(2)13-21)15-22-12-9-19(3)14-24(22)25;1-14(2)7-20-12-19(18-9-15(3)8-16(4)10-18)11-17-5-6-21(23)13-22(17)20;1-15(2)10-19-6-5-7-20-14-18(8-9-22(19)20)21-12-16(3)11-17(4)13-21;1-8(2)5-10(12)7-11(13)6-9(3)4;3*1-4(6)3-5(2)7;;;;/h4-9,11-14,16H,1-3H3;4-5,7-14,16H,1-3H3;5-6,8-9,12-14H,7H2,1-4H3;5-9,11-12,15H,10H2,1-4H3;7-9,12H,5-6H2,1-4H3;3*3,6H,1-2H3;;;;/q4*-2;;;;;;;;. The van der Waals surface area contributed by atoms with Crippen LogP contribution < -0.4 is 0 Å². The summed E-state index contributed by atoms with van der Waals surface area (Å²) in [6, 6.07) is 102. The summed E-state index contributed by atoms with van der Waals surface area (Å²) >= 11 is 0. The van der Waals surface area contributed by atoms with Gasteiger partial charge in [-0.05, 0) is 117 Å². The molecule has 0 fully saturated rings. The van der Waals surface area contributed by atoms with Gasteiger partial charge in [-0.3, -0.25) is 19.2 Å². The van der Waals surface area contributed by atoms with Gasteiger partial charge in [-0.2, -0.15) is 131 Å². The summed E-state index contributed by atoms with van der Waals surface area (Å²) in [6.45, 7) is 46.6. The van der Waals surface area contributed by atoms with Gasteiger partial charge in [-0.25, -0.2) is 26.6 Å². The van der Waals surface area contributed by atoms with Crippen molar-refractivity contribution in [1.82, 2.24) is 0 Å². The van der Waals surface area contributed by atoms with E-state index in [4.69, 9.17) is 15.3 Å². The van der Waals surface area contributed by atoms with E-state index < -0.39 is 0 Å². The Hall–Kier alpha value is -10.5. The van der Waals surface area contributed by atoms with Gasteiger partial charge in [0.05, 0.1) is 23.0 Å². The quantitative estimate of drug-likeness (QED) is 0.0377. The number of aliphatic hydroxyl groups is 4. The zero-order valence-corrected chi connectivity index (χ0v) is 90.9. The Morgan fingerprint density at radius 2 is 0.699 bits per heavy atom. The molecule has 0 aliphatic carbocycles. The first kappa shape index (κ1) is 117. The maximum absolute atomic E-state index is 13.7. The Morgan fingerprint density at radius 1 is 0.316 bits per heavy atom. The molecule has 14 aromatic carbocycles. The minimum absolute atomic E-state index is 0. The molecule has 0 aliphatic rings. The van der Waals surface area contributed by atoms with E-state index in [9.17, 15) is 28.7 Å². The first-order chi connectivity index (χ1) is 60.9. The molecule has 14 rings (SSSR count). The first-order valence-corrected chi connectivity index (χ1v) is 44.2. The Bertz CT molecular complexity index is 6210. The van der Waals surface area contributed by atoms with Crippen LogP contribution in [0.4, 0.5) is 4.39 Å². The van der Waals surface area contributed by atoms with E-state index in [2.05, 4.69) is 327 Å². The van der Waals surface area contributed by atoms with Crippen LogP contribution in [0.3, 0.4) is 0 Å². The summed E-state index contributed by atoms with van der Waals surface area (Å²) in [7, 11) is 0. The van der Waals surface area contributed by atoms with Crippen LogP contribution in [0.1, 0.15) is 177 Å². The average molecular weight is 2490 g/mol. The molecule has 14 aromatic rings. The van der Waals surface area contributed by atoms with Gasteiger partial charge in [0, 0.05) is 118 Å². The van der Waals surface area contributed by atoms with Gasteiger partial charge in [0.2, 0.25) is 0 Å². The molecule has 4 N–H and O–H groups in total. The van der Waals surface area contributed by atoms with Crippen LogP contribution in [0.25, 0.3) is 110 Å². The fraction of sp³-hybridized carbons (Fsp3) is 0.267. The number of aliphatic hydroxyl groups excluding tert-OH is 4. The summed E-state index contributed by atoms with van der Waals surface area (Å²) in [6.07, 6.45) is 8.00. The molecule has 0 bridgehead atoms. The number of fused-ring (bicyclic) bond motifs is 4. The zero-order chi connectivity index (χ0) is 95.0. The predicted molar refractivity (Wildman–Crippen MR) is 539 cm³/mol. The second-order valence-electron chi connectivity index (χ2n) is 35.4. The van der Waals surface area contributed by atoms with Gasteiger partial charge < -0.3 is 20.4 Å². The summed E-state index contributed by atoms with van der Waals surface area (Å²) < 4.78 is 13.7. The Labute approximate surface area is 846 Å². The molecule has 133 heavy (non-hydrogen) atoms. The van der Waals surface area contributed by atoms with Gasteiger partial charge in [-0.1, -0.05) is 254 Å². The van der Waals surface area contributed by atoms with E-state index in [0.29, 0.717) is 36.5 Å². The molecular formula is C120H127FIr4O8-8. The smallest absolute Gasteiger partial charge is 0.159 e. The molecule has 8 nitrogen and oxygen atoms in total. The maximum Gasteiger partial charge on any atom is 0.159 e. The van der Waals surface area contributed by atoms with Crippen molar-refractivity contribution >= 4 is 66.2 Å². The van der Waals surface area contributed by atoms with Gasteiger partial charge in [0.1, 0.15) is 5.82 Å². The molecular weight excluding hydrogens is 2360 g/mol. The fourth-order valence-corrected chi connectivity index (χ4v) is 14.6. The molecule has 0 heterocycles. The minimum atomic E-state index is -0.193. The number of carbonyl (C=O) groups excluding carboxylic acids is 4. The Balaban J connectivity index is 0.000000407. The number of allylic oxidation sites excluding steroid dienone is 8. The molecule has 0 saturated carbocycles. The van der Waals surface area contributed by atoms with Crippen LogP contribution in [0.15, 0.2) is 260 Å². The van der Waals surface area contributed by atoms with Crippen molar-refractivity contribution in [3.05, 3.63) is 381 Å². The molecule has 0 spiro atoms. The first-order valence-electron chi connectivity index (χ1n) is 44.2. The maximum atomic E-state index is 13.7. The third-order valence-corrected chi connectivity index (χ3v) is 20.0. The molecule has 0 amide bonds. The van der Waals surface area contributed by atoms with Crippen LogP contribution in [-0.2, 0) is 112 Å². The van der Waals surface area contributed by atoms with Gasteiger partial charge in [0.15, 0.2) is 23.1 Å². The van der Waals surface area contributed by atoms with Crippen molar-refractivity contribution in [2.45, 2.75) is 192 Å².